The molecule has 1 aliphatic rings. The molecule has 0 bridgehead atoms. The van der Waals surface area contributed by atoms with Gasteiger partial charge in [0.25, 0.3) is 0 Å². The van der Waals surface area contributed by atoms with Crippen LogP contribution in [0.15, 0.2) is 11.4 Å². The van der Waals surface area contributed by atoms with Gasteiger partial charge in [-0.3, -0.25) is 4.79 Å². The number of rotatable bonds is 1. The second-order valence-electron chi connectivity index (χ2n) is 2.84. The minimum atomic E-state index is -0.283. The van der Waals surface area contributed by atoms with Crippen molar-refractivity contribution in [3.05, 3.63) is 21.9 Å². The van der Waals surface area contributed by atoms with Gasteiger partial charge >= 0.3 is 0 Å². The summed E-state index contributed by atoms with van der Waals surface area (Å²) in [5.41, 5.74) is 6.31. The number of nitrogens with one attached hydrogen (secondary N) is 1. The SMILES string of the molecule is NC(=O)C1NCCc2sccc21. The summed E-state index contributed by atoms with van der Waals surface area (Å²) >= 11 is 1.70. The van der Waals surface area contributed by atoms with Crippen molar-refractivity contribution in [2.75, 3.05) is 6.54 Å². The summed E-state index contributed by atoms with van der Waals surface area (Å²) in [5, 5.41) is 5.10. The third kappa shape index (κ3) is 1.13. The van der Waals surface area contributed by atoms with Crippen LogP contribution in [0, 0.1) is 0 Å². The lowest BCUT2D eigenvalue weighted by Crippen LogP contribution is -2.37. The Morgan fingerprint density at radius 2 is 2.58 bits per heavy atom. The Morgan fingerprint density at radius 3 is 3.33 bits per heavy atom. The van der Waals surface area contributed by atoms with E-state index in [9.17, 15) is 4.79 Å². The Hall–Kier alpha value is -0.870. The molecule has 1 amide bonds. The molecule has 1 atom stereocenters. The van der Waals surface area contributed by atoms with Crippen molar-refractivity contribution in [2.45, 2.75) is 12.5 Å². The summed E-state index contributed by atoms with van der Waals surface area (Å²) in [6, 6.07) is 1.71. The molecule has 4 heteroatoms. The molecule has 1 aromatic heterocycles. The highest BCUT2D eigenvalue weighted by atomic mass is 32.1. The van der Waals surface area contributed by atoms with Crippen LogP contribution in [-0.2, 0) is 11.2 Å². The number of carbonyl (C=O) groups is 1. The van der Waals surface area contributed by atoms with Gasteiger partial charge in [-0.1, -0.05) is 0 Å². The standard InChI is InChI=1S/C8H10N2OS/c9-8(11)7-5-2-4-12-6(5)1-3-10-7/h2,4,7,10H,1,3H2,(H2,9,11). The average molecular weight is 182 g/mol. The molecule has 0 saturated carbocycles. The second kappa shape index (κ2) is 2.88. The van der Waals surface area contributed by atoms with Crippen LogP contribution in [0.1, 0.15) is 16.5 Å². The molecule has 12 heavy (non-hydrogen) atoms. The first-order valence-corrected chi connectivity index (χ1v) is 4.76. The minimum Gasteiger partial charge on any atom is -0.368 e. The molecule has 0 spiro atoms. The van der Waals surface area contributed by atoms with Crippen molar-refractivity contribution in [3.63, 3.8) is 0 Å². The smallest absolute Gasteiger partial charge is 0.239 e. The van der Waals surface area contributed by atoms with Gasteiger partial charge in [0.05, 0.1) is 0 Å². The molecule has 1 aromatic rings. The highest BCUT2D eigenvalue weighted by Gasteiger charge is 2.24. The van der Waals surface area contributed by atoms with E-state index in [4.69, 9.17) is 5.73 Å². The van der Waals surface area contributed by atoms with Gasteiger partial charge in [-0.05, 0) is 23.4 Å². The van der Waals surface area contributed by atoms with Crippen LogP contribution < -0.4 is 11.1 Å². The number of carbonyl (C=O) groups excluding carboxylic acids is 1. The molecule has 1 aliphatic heterocycles. The van der Waals surface area contributed by atoms with E-state index in [-0.39, 0.29) is 11.9 Å². The van der Waals surface area contributed by atoms with Gasteiger partial charge in [0.1, 0.15) is 6.04 Å². The molecule has 0 fully saturated rings. The quantitative estimate of drug-likeness (QED) is 0.661. The van der Waals surface area contributed by atoms with Crippen molar-refractivity contribution in [3.8, 4) is 0 Å². The van der Waals surface area contributed by atoms with Gasteiger partial charge in [-0.15, -0.1) is 11.3 Å². The van der Waals surface area contributed by atoms with Crippen LogP contribution in [0.4, 0.5) is 0 Å². The van der Waals surface area contributed by atoms with Gasteiger partial charge in [-0.2, -0.15) is 0 Å². The van der Waals surface area contributed by atoms with Crippen LogP contribution >= 0.6 is 11.3 Å². The lowest BCUT2D eigenvalue weighted by atomic mass is 10.0. The predicted molar refractivity (Wildman–Crippen MR) is 48.0 cm³/mol. The van der Waals surface area contributed by atoms with E-state index in [1.807, 2.05) is 11.4 Å². The summed E-state index contributed by atoms with van der Waals surface area (Å²) in [7, 11) is 0. The maximum atomic E-state index is 11.0. The Balaban J connectivity index is 2.37. The predicted octanol–water partition coefficient (Wildman–Crippen LogP) is 0.420. The number of fused-ring (bicyclic) bond motifs is 1. The number of nitrogens with two attached hydrogens (primary N) is 1. The zero-order valence-corrected chi connectivity index (χ0v) is 7.36. The largest absolute Gasteiger partial charge is 0.368 e. The van der Waals surface area contributed by atoms with Gasteiger partial charge in [-0.25, -0.2) is 0 Å². The number of primary amides is 1. The fourth-order valence-electron chi connectivity index (χ4n) is 1.50. The highest BCUT2D eigenvalue weighted by molar-refractivity contribution is 7.10. The van der Waals surface area contributed by atoms with Crippen LogP contribution in [0.25, 0.3) is 0 Å². The monoisotopic (exact) mass is 182 g/mol. The summed E-state index contributed by atoms with van der Waals surface area (Å²) in [5.74, 6) is -0.283. The summed E-state index contributed by atoms with van der Waals surface area (Å²) in [6.45, 7) is 0.848. The van der Waals surface area contributed by atoms with Gasteiger partial charge < -0.3 is 11.1 Å². The molecule has 2 rings (SSSR count). The third-order valence-electron chi connectivity index (χ3n) is 2.08. The summed E-state index contributed by atoms with van der Waals surface area (Å²) in [4.78, 5) is 12.3. The lowest BCUT2D eigenvalue weighted by Gasteiger charge is -2.20. The Labute approximate surface area is 74.6 Å². The van der Waals surface area contributed by atoms with Crippen LogP contribution in [0.3, 0.4) is 0 Å². The molecular weight excluding hydrogens is 172 g/mol. The molecule has 0 aliphatic carbocycles. The van der Waals surface area contributed by atoms with Crippen molar-refractivity contribution < 1.29 is 4.79 Å². The van der Waals surface area contributed by atoms with E-state index in [0.717, 1.165) is 18.5 Å². The van der Waals surface area contributed by atoms with Gasteiger partial charge in [0.2, 0.25) is 5.91 Å². The number of amides is 1. The zero-order valence-electron chi connectivity index (χ0n) is 6.54. The Morgan fingerprint density at radius 1 is 1.75 bits per heavy atom. The Kier molecular flexibility index (Phi) is 1.86. The second-order valence-corrected chi connectivity index (χ2v) is 3.84. The van der Waals surface area contributed by atoms with Crippen molar-refractivity contribution in [1.29, 1.82) is 0 Å². The maximum Gasteiger partial charge on any atom is 0.239 e. The van der Waals surface area contributed by atoms with E-state index in [1.165, 1.54) is 4.88 Å². The maximum absolute atomic E-state index is 11.0. The van der Waals surface area contributed by atoms with Gasteiger partial charge in [0.15, 0.2) is 0 Å². The molecule has 0 saturated heterocycles. The Bertz CT molecular complexity index is 308. The minimum absolute atomic E-state index is 0.264. The molecule has 3 N–H and O–H groups in total. The van der Waals surface area contributed by atoms with Crippen LogP contribution in [0.5, 0.6) is 0 Å². The fourth-order valence-corrected chi connectivity index (χ4v) is 2.43. The van der Waals surface area contributed by atoms with Crippen molar-refractivity contribution >= 4 is 17.2 Å². The molecular formula is C8H10N2OS. The summed E-state index contributed by atoms with van der Waals surface area (Å²) < 4.78 is 0. The molecule has 0 radical (unpaired) electrons. The van der Waals surface area contributed by atoms with E-state index in [2.05, 4.69) is 5.32 Å². The topological polar surface area (TPSA) is 55.1 Å². The molecule has 3 nitrogen and oxygen atoms in total. The van der Waals surface area contributed by atoms with Crippen LogP contribution in [0.2, 0.25) is 0 Å². The highest BCUT2D eigenvalue weighted by Crippen LogP contribution is 2.26. The molecule has 64 valence electrons. The fraction of sp³-hybridized carbons (Fsp3) is 0.375. The molecule has 1 unspecified atom stereocenters. The lowest BCUT2D eigenvalue weighted by molar-refractivity contribution is -0.120. The molecule has 0 aromatic carbocycles. The first-order valence-electron chi connectivity index (χ1n) is 3.88. The van der Waals surface area contributed by atoms with Crippen LogP contribution in [-0.4, -0.2) is 12.5 Å². The third-order valence-corrected chi connectivity index (χ3v) is 3.07. The zero-order chi connectivity index (χ0) is 8.55. The first-order chi connectivity index (χ1) is 5.79. The molecule has 2 heterocycles. The van der Waals surface area contributed by atoms with Crippen molar-refractivity contribution in [2.24, 2.45) is 5.73 Å². The number of hydrogen-bond donors (Lipinski definition) is 2. The van der Waals surface area contributed by atoms with Gasteiger partial charge in [0, 0.05) is 11.4 Å². The van der Waals surface area contributed by atoms with E-state index in [0.29, 0.717) is 0 Å². The first kappa shape index (κ1) is 7.76. The summed E-state index contributed by atoms with van der Waals surface area (Å²) in [6.07, 6.45) is 1.01. The average Bonchev–Trinajstić information content (AvgIpc) is 2.49. The van der Waals surface area contributed by atoms with Crippen molar-refractivity contribution in [1.82, 2.24) is 5.32 Å². The van der Waals surface area contributed by atoms with E-state index >= 15 is 0 Å². The number of hydrogen-bond acceptors (Lipinski definition) is 3. The van der Waals surface area contributed by atoms with E-state index < -0.39 is 0 Å². The van der Waals surface area contributed by atoms with E-state index in [1.54, 1.807) is 11.3 Å². The number of thiophene rings is 1. The normalized spacial score (nSPS) is 21.8.